The summed E-state index contributed by atoms with van der Waals surface area (Å²) < 4.78 is 32.4. The third kappa shape index (κ3) is 5.28. The first-order valence-electron chi connectivity index (χ1n) is 17.9. The van der Waals surface area contributed by atoms with E-state index in [1.54, 1.807) is 54.9 Å². The summed E-state index contributed by atoms with van der Waals surface area (Å²) in [5, 5.41) is 21.7. The maximum Gasteiger partial charge on any atom is 0.345 e. The van der Waals surface area contributed by atoms with Gasteiger partial charge < -0.3 is 28.5 Å². The van der Waals surface area contributed by atoms with Gasteiger partial charge in [-0.05, 0) is 93.3 Å². The molecule has 1 saturated heterocycles. The molecule has 0 amide bonds. The fraction of sp³-hybridized carbons (Fsp3) is 0.429. The van der Waals surface area contributed by atoms with Crippen LogP contribution in [0, 0.1) is 47.8 Å². The van der Waals surface area contributed by atoms with Crippen LogP contribution in [0.15, 0.2) is 82.3 Å². The maximum absolute atomic E-state index is 13.9. The number of ether oxygens (including phenoxy) is 4. The number of carbonyl (C=O) groups is 1. The highest BCUT2D eigenvalue weighted by Crippen LogP contribution is 2.68. The van der Waals surface area contributed by atoms with Crippen LogP contribution in [0.2, 0.25) is 0 Å². The first kappa shape index (κ1) is 34.3. The van der Waals surface area contributed by atoms with Crippen molar-refractivity contribution in [3.05, 3.63) is 117 Å². The Kier molecular flexibility index (Phi) is 8.18. The van der Waals surface area contributed by atoms with Gasteiger partial charge in [0, 0.05) is 40.9 Å². The van der Waals surface area contributed by atoms with Crippen molar-refractivity contribution in [2.45, 2.75) is 84.1 Å². The number of fused-ring (bicyclic) bond motifs is 6. The number of aromatic nitrogens is 1. The van der Waals surface area contributed by atoms with E-state index in [9.17, 15) is 20.0 Å². The summed E-state index contributed by atoms with van der Waals surface area (Å²) in [6.45, 7) is 10.7. The molecular formula is C42H42N2O8. The molecule has 8 rings (SSSR count). The summed E-state index contributed by atoms with van der Waals surface area (Å²) in [5.74, 6) is -0.985. The van der Waals surface area contributed by atoms with Crippen molar-refractivity contribution in [3.8, 4) is 23.1 Å². The lowest BCUT2D eigenvalue weighted by molar-refractivity contribution is -0.330. The molecule has 0 bridgehead atoms. The van der Waals surface area contributed by atoms with Gasteiger partial charge in [0.05, 0.1) is 36.0 Å². The van der Waals surface area contributed by atoms with Crippen LogP contribution in [-0.4, -0.2) is 40.5 Å². The predicted octanol–water partition coefficient (Wildman–Crippen LogP) is 7.16. The number of aliphatic hydroxyl groups excluding tert-OH is 1. The normalized spacial score (nSPS) is 33.2. The van der Waals surface area contributed by atoms with E-state index in [0.717, 1.165) is 11.1 Å². The van der Waals surface area contributed by atoms with Crippen molar-refractivity contribution in [1.29, 1.82) is 5.26 Å². The van der Waals surface area contributed by atoms with Gasteiger partial charge in [0.25, 0.3) is 0 Å². The average molecular weight is 703 g/mol. The van der Waals surface area contributed by atoms with E-state index in [0.29, 0.717) is 37.0 Å². The van der Waals surface area contributed by atoms with Crippen LogP contribution in [0.25, 0.3) is 11.3 Å². The molecular weight excluding hydrogens is 660 g/mol. The summed E-state index contributed by atoms with van der Waals surface area (Å²) >= 11 is 0. The van der Waals surface area contributed by atoms with Crippen LogP contribution in [0.3, 0.4) is 0 Å². The molecule has 3 fully saturated rings. The van der Waals surface area contributed by atoms with Gasteiger partial charge in [-0.3, -0.25) is 4.98 Å². The van der Waals surface area contributed by atoms with Gasteiger partial charge in [-0.1, -0.05) is 37.6 Å². The zero-order chi connectivity index (χ0) is 36.6. The maximum atomic E-state index is 13.9. The van der Waals surface area contributed by atoms with E-state index in [4.69, 9.17) is 23.4 Å². The van der Waals surface area contributed by atoms with Crippen molar-refractivity contribution >= 4 is 5.97 Å². The first-order valence-corrected chi connectivity index (χ1v) is 17.9. The number of hydrogen-bond donors (Lipinski definition) is 1. The molecule has 10 nitrogen and oxygen atoms in total. The Morgan fingerprint density at radius 2 is 1.85 bits per heavy atom. The molecule has 0 spiro atoms. The van der Waals surface area contributed by atoms with E-state index in [1.165, 1.54) is 5.56 Å². The Morgan fingerprint density at radius 1 is 1.06 bits per heavy atom. The third-order valence-corrected chi connectivity index (χ3v) is 12.5. The third-order valence-electron chi connectivity index (χ3n) is 12.5. The molecule has 2 saturated carbocycles. The number of aryl methyl sites for hydroxylation is 2. The van der Waals surface area contributed by atoms with E-state index < -0.39 is 52.4 Å². The van der Waals surface area contributed by atoms with Gasteiger partial charge in [0.15, 0.2) is 6.29 Å². The molecule has 3 unspecified atom stereocenters. The van der Waals surface area contributed by atoms with Gasteiger partial charge in [-0.2, -0.15) is 5.26 Å². The molecule has 1 N–H and O–H groups in total. The molecule has 10 heteroatoms. The van der Waals surface area contributed by atoms with Crippen LogP contribution in [0.4, 0.5) is 0 Å². The molecule has 2 aliphatic heterocycles. The van der Waals surface area contributed by atoms with Crippen molar-refractivity contribution in [1.82, 2.24) is 4.98 Å². The van der Waals surface area contributed by atoms with Crippen LogP contribution in [0.5, 0.6) is 5.75 Å². The summed E-state index contributed by atoms with van der Waals surface area (Å²) in [7, 11) is 0. The monoisotopic (exact) mass is 702 g/mol. The predicted molar refractivity (Wildman–Crippen MR) is 189 cm³/mol. The smallest absolute Gasteiger partial charge is 0.345 e. The summed E-state index contributed by atoms with van der Waals surface area (Å²) in [4.78, 5) is 31.8. The molecule has 2 aromatic carbocycles. The van der Waals surface area contributed by atoms with Gasteiger partial charge in [0.1, 0.15) is 28.8 Å². The molecule has 4 heterocycles. The van der Waals surface area contributed by atoms with Gasteiger partial charge in [0.2, 0.25) is 0 Å². The zero-order valence-electron chi connectivity index (χ0n) is 29.9. The number of carbonyl (C=O) groups excluding carboxylic acids is 1. The lowest BCUT2D eigenvalue weighted by Gasteiger charge is -2.67. The molecule has 2 aromatic heterocycles. The number of rotatable bonds is 4. The van der Waals surface area contributed by atoms with Gasteiger partial charge in [-0.25, -0.2) is 9.59 Å². The number of esters is 1. The van der Waals surface area contributed by atoms with Gasteiger partial charge in [-0.15, -0.1) is 0 Å². The molecule has 2 aliphatic carbocycles. The van der Waals surface area contributed by atoms with E-state index in [-0.39, 0.29) is 34.7 Å². The second-order valence-corrected chi connectivity index (χ2v) is 15.7. The fourth-order valence-corrected chi connectivity index (χ4v) is 9.98. The van der Waals surface area contributed by atoms with Crippen LogP contribution in [-0.2, 0) is 14.2 Å². The number of hydrogen-bond acceptors (Lipinski definition) is 10. The zero-order valence-corrected chi connectivity index (χ0v) is 29.9. The highest BCUT2D eigenvalue weighted by atomic mass is 16.7. The van der Waals surface area contributed by atoms with Crippen molar-refractivity contribution < 1.29 is 33.3 Å². The lowest BCUT2D eigenvalue weighted by Crippen LogP contribution is -2.72. The summed E-state index contributed by atoms with van der Waals surface area (Å²) in [5.41, 5.74) is 1.54. The standard InChI is InChI=1S/C42H42N2O8/c1-23-8-13-28(24(2)17-23)39-48-22-41(4)31-19-33(50-37(46)26-11-9-25(20-43)10-12-26)42(5)36(40(31,3)15-14-32(41)51-39)35(45)34-30(52-42)18-29(49-38(34)47)27-7-6-16-44-21-27/h6-13,16-18,21,31-33,35-36,39,45H,14-15,19,22H2,1-5H3/t31?,32-,33-,35-,36?,39+,40-,41-,42?/m0/s1. The molecule has 0 radical (unpaired) electrons. The molecule has 4 aliphatic rings. The SMILES string of the molecule is Cc1ccc([C@@H]2OC[C@@]3(C)C4C[C@H](OC(=O)c5ccc(C#N)cc5)C5(C)Oc6cc(-c7cccnc7)oc(=O)c6[C@H](O)C5[C@@]4(C)CC[C@@H]3O2)c(C)c1. The Hall–Kier alpha value is -4.82. The minimum atomic E-state index is -1.29. The Morgan fingerprint density at radius 3 is 2.56 bits per heavy atom. The van der Waals surface area contributed by atoms with Crippen molar-refractivity contribution in [3.63, 3.8) is 0 Å². The average Bonchev–Trinajstić information content (AvgIpc) is 3.12. The largest absolute Gasteiger partial charge is 0.482 e. The number of aliphatic hydroxyl groups is 1. The molecule has 268 valence electrons. The Bertz CT molecular complexity index is 2140. The quantitative estimate of drug-likeness (QED) is 0.218. The van der Waals surface area contributed by atoms with Crippen molar-refractivity contribution in [2.24, 2.45) is 22.7 Å². The highest BCUT2D eigenvalue weighted by Gasteiger charge is 2.71. The van der Waals surface area contributed by atoms with Crippen LogP contribution >= 0.6 is 0 Å². The lowest BCUT2D eigenvalue weighted by atomic mass is 9.42. The first-order chi connectivity index (χ1) is 24.9. The minimum Gasteiger partial charge on any atom is -0.482 e. The number of benzene rings is 2. The second-order valence-electron chi connectivity index (χ2n) is 15.7. The summed E-state index contributed by atoms with van der Waals surface area (Å²) in [6.07, 6.45) is 2.15. The molecule has 52 heavy (non-hydrogen) atoms. The molecule has 9 atom stereocenters. The number of nitriles is 1. The number of nitrogens with zero attached hydrogens (tertiary/aromatic N) is 2. The van der Waals surface area contributed by atoms with Crippen molar-refractivity contribution in [2.75, 3.05) is 6.61 Å². The second kappa shape index (κ2) is 12.4. The molecule has 4 aromatic rings. The van der Waals surface area contributed by atoms with E-state index >= 15 is 0 Å². The van der Waals surface area contributed by atoms with E-state index in [2.05, 4.69) is 56.9 Å². The minimum absolute atomic E-state index is 0.0486. The summed E-state index contributed by atoms with van der Waals surface area (Å²) in [6, 6.07) is 19.7. The fourth-order valence-electron chi connectivity index (χ4n) is 9.98. The Balaban J connectivity index is 1.20. The van der Waals surface area contributed by atoms with Crippen LogP contribution < -0.4 is 10.4 Å². The topological polar surface area (TPSA) is 141 Å². The highest BCUT2D eigenvalue weighted by molar-refractivity contribution is 5.89. The number of pyridine rings is 1. The van der Waals surface area contributed by atoms with Gasteiger partial charge >= 0.3 is 11.6 Å². The van der Waals surface area contributed by atoms with E-state index in [1.807, 2.05) is 6.92 Å². The van der Waals surface area contributed by atoms with Crippen LogP contribution in [0.1, 0.15) is 90.6 Å². The Labute approximate surface area is 302 Å².